The van der Waals surface area contributed by atoms with Crippen LogP contribution in [0.1, 0.15) is 22.6 Å². The molecule has 0 aromatic heterocycles. The molecule has 2 aromatic rings. The van der Waals surface area contributed by atoms with E-state index in [9.17, 15) is 9.59 Å². The van der Waals surface area contributed by atoms with Crippen LogP contribution in [0.4, 0.5) is 0 Å². The molecular weight excluding hydrogens is 306 g/mol. The summed E-state index contributed by atoms with van der Waals surface area (Å²) in [6.07, 6.45) is 0.546. The monoisotopic (exact) mass is 325 g/mol. The standard InChI is InChI=1S/C18H19N3O3/c1-24-17(23)15(12-6-5-7-13(10-12)16(19)20)18(21,11-22)14-8-3-2-4-9-14/h2-11,15H,21H2,1H3,(H3,19,20). The molecule has 6 heteroatoms. The van der Waals surface area contributed by atoms with E-state index in [0.717, 1.165) is 0 Å². The molecule has 0 bridgehead atoms. The first-order valence-electron chi connectivity index (χ1n) is 7.27. The minimum atomic E-state index is -1.61. The van der Waals surface area contributed by atoms with Crippen molar-refractivity contribution in [3.05, 3.63) is 71.3 Å². The molecule has 2 atom stereocenters. The third kappa shape index (κ3) is 3.18. The lowest BCUT2D eigenvalue weighted by Crippen LogP contribution is -2.48. The van der Waals surface area contributed by atoms with Crippen LogP contribution in [0.5, 0.6) is 0 Å². The third-order valence-electron chi connectivity index (χ3n) is 3.91. The van der Waals surface area contributed by atoms with Crippen molar-refractivity contribution in [1.82, 2.24) is 0 Å². The second-order valence-corrected chi connectivity index (χ2v) is 5.41. The van der Waals surface area contributed by atoms with E-state index in [2.05, 4.69) is 0 Å². The Labute approximate surface area is 139 Å². The molecule has 2 unspecified atom stereocenters. The van der Waals surface area contributed by atoms with Gasteiger partial charge in [-0.05, 0) is 17.2 Å². The van der Waals surface area contributed by atoms with E-state index < -0.39 is 17.4 Å². The second-order valence-electron chi connectivity index (χ2n) is 5.41. The molecule has 0 fully saturated rings. The van der Waals surface area contributed by atoms with E-state index in [1.165, 1.54) is 7.11 Å². The fraction of sp³-hybridized carbons (Fsp3) is 0.167. The Hall–Kier alpha value is -2.99. The summed E-state index contributed by atoms with van der Waals surface area (Å²) >= 11 is 0. The van der Waals surface area contributed by atoms with Gasteiger partial charge in [0.15, 0.2) is 0 Å². The number of hydrogen-bond donors (Lipinski definition) is 3. The van der Waals surface area contributed by atoms with Gasteiger partial charge in [0.25, 0.3) is 0 Å². The van der Waals surface area contributed by atoms with Crippen LogP contribution in [0.15, 0.2) is 54.6 Å². The topological polar surface area (TPSA) is 119 Å². The quantitative estimate of drug-likeness (QED) is 0.320. The van der Waals surface area contributed by atoms with Crippen molar-refractivity contribution in [3.63, 3.8) is 0 Å². The van der Waals surface area contributed by atoms with E-state index >= 15 is 0 Å². The number of rotatable bonds is 6. The number of nitrogen functional groups attached to an aromatic ring is 1. The predicted octanol–water partition coefficient (Wildman–Crippen LogP) is 1.28. The van der Waals surface area contributed by atoms with Gasteiger partial charge in [0.2, 0.25) is 0 Å². The zero-order valence-corrected chi connectivity index (χ0v) is 13.2. The van der Waals surface area contributed by atoms with Crippen LogP contribution in [-0.2, 0) is 19.9 Å². The molecule has 0 saturated heterocycles. The van der Waals surface area contributed by atoms with Crippen LogP contribution < -0.4 is 11.5 Å². The number of hydrogen-bond acceptors (Lipinski definition) is 5. The van der Waals surface area contributed by atoms with Gasteiger partial charge in [-0.25, -0.2) is 0 Å². The Balaban J connectivity index is 2.64. The first kappa shape index (κ1) is 17.4. The molecule has 0 aliphatic carbocycles. The Bertz CT molecular complexity index is 761. The Morgan fingerprint density at radius 1 is 1.21 bits per heavy atom. The molecule has 24 heavy (non-hydrogen) atoms. The van der Waals surface area contributed by atoms with E-state index in [1.807, 2.05) is 0 Å². The average molecular weight is 325 g/mol. The first-order chi connectivity index (χ1) is 11.4. The molecule has 0 radical (unpaired) electrons. The normalized spacial score (nSPS) is 14.2. The van der Waals surface area contributed by atoms with Crippen LogP contribution in [0.25, 0.3) is 0 Å². The summed E-state index contributed by atoms with van der Waals surface area (Å²) < 4.78 is 4.87. The van der Waals surface area contributed by atoms with E-state index in [4.69, 9.17) is 21.6 Å². The second kappa shape index (κ2) is 7.06. The number of benzene rings is 2. The number of carbonyl (C=O) groups is 2. The predicted molar refractivity (Wildman–Crippen MR) is 90.6 cm³/mol. The number of amidine groups is 1. The van der Waals surface area contributed by atoms with Crippen molar-refractivity contribution in [1.29, 1.82) is 5.41 Å². The van der Waals surface area contributed by atoms with Gasteiger partial charge in [-0.15, -0.1) is 0 Å². The summed E-state index contributed by atoms with van der Waals surface area (Å²) in [7, 11) is 1.24. The molecule has 0 aliphatic heterocycles. The first-order valence-corrected chi connectivity index (χ1v) is 7.27. The molecule has 0 amide bonds. The lowest BCUT2D eigenvalue weighted by molar-refractivity contribution is -0.145. The van der Waals surface area contributed by atoms with Crippen molar-refractivity contribution in [3.8, 4) is 0 Å². The van der Waals surface area contributed by atoms with Gasteiger partial charge in [-0.1, -0.05) is 48.5 Å². The Kier molecular flexibility index (Phi) is 5.11. The fourth-order valence-electron chi connectivity index (χ4n) is 2.64. The number of aldehydes is 1. The Morgan fingerprint density at radius 3 is 2.42 bits per heavy atom. The van der Waals surface area contributed by atoms with Crippen molar-refractivity contribution in [2.24, 2.45) is 11.5 Å². The summed E-state index contributed by atoms with van der Waals surface area (Å²) in [4.78, 5) is 24.3. The van der Waals surface area contributed by atoms with Crippen LogP contribution in [0.3, 0.4) is 0 Å². The fourth-order valence-corrected chi connectivity index (χ4v) is 2.64. The molecule has 2 rings (SSSR count). The van der Waals surface area contributed by atoms with E-state index in [1.54, 1.807) is 54.6 Å². The van der Waals surface area contributed by atoms with E-state index in [0.29, 0.717) is 23.0 Å². The zero-order valence-electron chi connectivity index (χ0n) is 13.2. The highest BCUT2D eigenvalue weighted by molar-refractivity contribution is 5.96. The van der Waals surface area contributed by atoms with Crippen molar-refractivity contribution in [2.75, 3.05) is 7.11 Å². The van der Waals surface area contributed by atoms with Crippen molar-refractivity contribution in [2.45, 2.75) is 11.5 Å². The largest absolute Gasteiger partial charge is 0.468 e. The van der Waals surface area contributed by atoms with Crippen LogP contribution in [0, 0.1) is 5.41 Å². The number of methoxy groups -OCH3 is 1. The van der Waals surface area contributed by atoms with Crippen LogP contribution in [0.2, 0.25) is 0 Å². The third-order valence-corrected chi connectivity index (χ3v) is 3.91. The maximum absolute atomic E-state index is 12.4. The number of nitrogens with one attached hydrogen (secondary N) is 1. The smallest absolute Gasteiger partial charge is 0.315 e. The van der Waals surface area contributed by atoms with Gasteiger partial charge in [0.1, 0.15) is 23.6 Å². The molecule has 6 nitrogen and oxygen atoms in total. The number of carbonyl (C=O) groups excluding carboxylic acids is 2. The average Bonchev–Trinajstić information content (AvgIpc) is 2.62. The molecule has 0 saturated carbocycles. The SMILES string of the molecule is COC(=O)C(c1cccc(C(=N)N)c1)C(N)(C=O)c1ccccc1. The highest BCUT2D eigenvalue weighted by Gasteiger charge is 2.43. The summed E-state index contributed by atoms with van der Waals surface area (Å²) in [5.74, 6) is -1.86. The highest BCUT2D eigenvalue weighted by Crippen LogP contribution is 2.35. The van der Waals surface area contributed by atoms with Gasteiger partial charge < -0.3 is 21.0 Å². The minimum Gasteiger partial charge on any atom is -0.468 e. The van der Waals surface area contributed by atoms with Gasteiger partial charge in [0, 0.05) is 5.56 Å². The minimum absolute atomic E-state index is 0.145. The lowest BCUT2D eigenvalue weighted by Gasteiger charge is -2.31. The molecule has 124 valence electrons. The van der Waals surface area contributed by atoms with Crippen LogP contribution in [-0.4, -0.2) is 25.2 Å². The number of nitrogens with two attached hydrogens (primary N) is 2. The van der Waals surface area contributed by atoms with Gasteiger partial charge in [-0.3, -0.25) is 10.2 Å². The maximum Gasteiger partial charge on any atom is 0.315 e. The summed E-state index contributed by atoms with van der Waals surface area (Å²) in [5, 5.41) is 7.55. The molecule has 5 N–H and O–H groups in total. The van der Waals surface area contributed by atoms with Crippen molar-refractivity contribution < 1.29 is 14.3 Å². The lowest BCUT2D eigenvalue weighted by atomic mass is 9.75. The summed E-state index contributed by atoms with van der Waals surface area (Å²) in [5.41, 5.74) is 11.6. The summed E-state index contributed by atoms with van der Waals surface area (Å²) in [6, 6.07) is 15.1. The molecule has 0 spiro atoms. The molecule has 0 heterocycles. The number of ether oxygens (including phenoxy) is 1. The zero-order chi connectivity index (χ0) is 17.7. The van der Waals surface area contributed by atoms with Gasteiger partial charge in [-0.2, -0.15) is 0 Å². The molecule has 0 aliphatic rings. The summed E-state index contributed by atoms with van der Waals surface area (Å²) in [6.45, 7) is 0. The van der Waals surface area contributed by atoms with Gasteiger partial charge in [0.05, 0.1) is 7.11 Å². The highest BCUT2D eigenvalue weighted by atomic mass is 16.5. The van der Waals surface area contributed by atoms with Crippen LogP contribution >= 0.6 is 0 Å². The van der Waals surface area contributed by atoms with E-state index in [-0.39, 0.29) is 5.84 Å². The van der Waals surface area contributed by atoms with Crippen molar-refractivity contribution >= 4 is 18.1 Å². The Morgan fingerprint density at radius 2 is 1.88 bits per heavy atom. The number of esters is 1. The molecular formula is C18H19N3O3. The van der Waals surface area contributed by atoms with Gasteiger partial charge >= 0.3 is 5.97 Å². The molecule has 2 aromatic carbocycles. The maximum atomic E-state index is 12.4.